The summed E-state index contributed by atoms with van der Waals surface area (Å²) in [5.74, 6) is 0.753. The Labute approximate surface area is 142 Å². The summed E-state index contributed by atoms with van der Waals surface area (Å²) in [5, 5.41) is 11.0. The number of halogens is 2. The van der Waals surface area contributed by atoms with E-state index < -0.39 is 13.0 Å². The molecule has 0 spiro atoms. The standard InChI is InChI=1S/C16H17F2N5O2/c1-9-11(10(2)22-21-9)5-6-14-20-15(23-25-14)12-4-3-7-19-16(12)24-8-13(17)18/h3-4,7,13H,5-6,8H2,1-2H3,(H,21,22). The van der Waals surface area contributed by atoms with Gasteiger partial charge in [-0.15, -0.1) is 0 Å². The van der Waals surface area contributed by atoms with Crippen LogP contribution in [0.25, 0.3) is 11.4 Å². The first-order chi connectivity index (χ1) is 12.0. The smallest absolute Gasteiger partial charge is 0.272 e. The third kappa shape index (κ3) is 3.98. The van der Waals surface area contributed by atoms with Crippen LogP contribution in [0, 0.1) is 13.8 Å². The van der Waals surface area contributed by atoms with Gasteiger partial charge in [-0.1, -0.05) is 5.16 Å². The number of nitrogens with one attached hydrogen (secondary N) is 1. The van der Waals surface area contributed by atoms with Crippen LogP contribution in [-0.2, 0) is 12.8 Å². The molecular formula is C16H17F2N5O2. The highest BCUT2D eigenvalue weighted by Gasteiger charge is 2.16. The predicted molar refractivity (Wildman–Crippen MR) is 84.5 cm³/mol. The van der Waals surface area contributed by atoms with Gasteiger partial charge in [-0.2, -0.15) is 10.1 Å². The van der Waals surface area contributed by atoms with Crippen molar-refractivity contribution < 1.29 is 18.0 Å². The first kappa shape index (κ1) is 17.0. The third-order valence-corrected chi connectivity index (χ3v) is 3.70. The topological polar surface area (TPSA) is 89.7 Å². The predicted octanol–water partition coefficient (Wildman–Crippen LogP) is 2.90. The number of nitrogens with zero attached hydrogens (tertiary/aromatic N) is 4. The molecule has 3 aromatic heterocycles. The first-order valence-electron chi connectivity index (χ1n) is 7.74. The summed E-state index contributed by atoms with van der Waals surface area (Å²) in [4.78, 5) is 8.27. The highest BCUT2D eigenvalue weighted by molar-refractivity contribution is 5.60. The molecule has 3 aromatic rings. The Hall–Kier alpha value is -2.84. The summed E-state index contributed by atoms with van der Waals surface area (Å²) in [7, 11) is 0. The van der Waals surface area contributed by atoms with Crippen molar-refractivity contribution in [3.63, 3.8) is 0 Å². The van der Waals surface area contributed by atoms with Crippen molar-refractivity contribution in [3.05, 3.63) is 41.2 Å². The number of alkyl halides is 2. The van der Waals surface area contributed by atoms with Gasteiger partial charge in [0.2, 0.25) is 17.6 Å². The molecule has 0 saturated heterocycles. The van der Waals surface area contributed by atoms with Crippen LogP contribution in [0.5, 0.6) is 5.88 Å². The number of aromatic amines is 1. The molecule has 0 radical (unpaired) electrons. The van der Waals surface area contributed by atoms with E-state index >= 15 is 0 Å². The number of hydrogen-bond donors (Lipinski definition) is 1. The summed E-state index contributed by atoms with van der Waals surface area (Å²) < 4.78 is 35.0. The van der Waals surface area contributed by atoms with Crippen molar-refractivity contribution in [1.82, 2.24) is 25.3 Å². The number of aromatic nitrogens is 5. The van der Waals surface area contributed by atoms with Crippen molar-refractivity contribution in [3.8, 4) is 17.3 Å². The second kappa shape index (κ2) is 7.37. The van der Waals surface area contributed by atoms with Crippen molar-refractivity contribution in [2.24, 2.45) is 0 Å². The van der Waals surface area contributed by atoms with E-state index in [1.807, 2.05) is 13.8 Å². The van der Waals surface area contributed by atoms with Crippen molar-refractivity contribution in [2.45, 2.75) is 33.1 Å². The highest BCUT2D eigenvalue weighted by Crippen LogP contribution is 2.26. The largest absolute Gasteiger partial charge is 0.471 e. The molecule has 3 rings (SSSR count). The number of pyridine rings is 1. The fourth-order valence-corrected chi connectivity index (χ4v) is 2.46. The van der Waals surface area contributed by atoms with Gasteiger partial charge in [0.25, 0.3) is 6.43 Å². The van der Waals surface area contributed by atoms with Crippen LogP contribution >= 0.6 is 0 Å². The van der Waals surface area contributed by atoms with Crippen LogP contribution in [0.3, 0.4) is 0 Å². The molecule has 9 heteroatoms. The fourth-order valence-electron chi connectivity index (χ4n) is 2.46. The van der Waals surface area contributed by atoms with Crippen LogP contribution in [0.1, 0.15) is 22.8 Å². The van der Waals surface area contributed by atoms with E-state index in [9.17, 15) is 8.78 Å². The summed E-state index contributed by atoms with van der Waals surface area (Å²) in [6.07, 6.45) is 0.117. The molecule has 0 aliphatic rings. The maximum absolute atomic E-state index is 12.3. The quantitative estimate of drug-likeness (QED) is 0.705. The van der Waals surface area contributed by atoms with Gasteiger partial charge >= 0.3 is 0 Å². The Kier molecular flexibility index (Phi) is 5.01. The van der Waals surface area contributed by atoms with Crippen LogP contribution in [0.2, 0.25) is 0 Å². The molecule has 25 heavy (non-hydrogen) atoms. The minimum Gasteiger partial charge on any atom is -0.471 e. The highest BCUT2D eigenvalue weighted by atomic mass is 19.3. The van der Waals surface area contributed by atoms with E-state index in [2.05, 4.69) is 25.3 Å². The minimum atomic E-state index is -2.59. The third-order valence-electron chi connectivity index (χ3n) is 3.70. The molecule has 0 saturated carbocycles. The Balaban J connectivity index is 1.73. The SMILES string of the molecule is Cc1n[nH]c(C)c1CCc1nc(-c2cccnc2OCC(F)F)no1. The Morgan fingerprint density at radius 3 is 2.84 bits per heavy atom. The molecule has 0 unspecified atom stereocenters. The lowest BCUT2D eigenvalue weighted by Gasteiger charge is -2.06. The van der Waals surface area contributed by atoms with E-state index in [0.29, 0.717) is 24.3 Å². The van der Waals surface area contributed by atoms with Gasteiger partial charge in [-0.3, -0.25) is 5.10 Å². The van der Waals surface area contributed by atoms with Gasteiger partial charge in [0.1, 0.15) is 0 Å². The Morgan fingerprint density at radius 2 is 2.12 bits per heavy atom. The molecule has 7 nitrogen and oxygen atoms in total. The van der Waals surface area contributed by atoms with Gasteiger partial charge in [0.05, 0.1) is 11.3 Å². The second-order valence-electron chi connectivity index (χ2n) is 5.48. The molecule has 0 aromatic carbocycles. The molecule has 0 fully saturated rings. The average Bonchev–Trinajstić information content (AvgIpc) is 3.19. The molecule has 0 amide bonds. The molecule has 0 aliphatic heterocycles. The molecule has 132 valence electrons. The molecule has 0 aliphatic carbocycles. The first-order valence-corrected chi connectivity index (χ1v) is 7.74. The van der Waals surface area contributed by atoms with Crippen LogP contribution in [0.4, 0.5) is 8.78 Å². The normalized spacial score (nSPS) is 11.2. The van der Waals surface area contributed by atoms with Crippen LogP contribution in [-0.4, -0.2) is 38.4 Å². The zero-order valence-corrected chi connectivity index (χ0v) is 13.8. The maximum Gasteiger partial charge on any atom is 0.272 e. The molecule has 1 N–H and O–H groups in total. The summed E-state index contributed by atoms with van der Waals surface area (Å²) in [6.45, 7) is 3.14. The lowest BCUT2D eigenvalue weighted by Crippen LogP contribution is -2.08. The Bertz CT molecular complexity index is 827. The number of aryl methyl sites for hydroxylation is 3. The van der Waals surface area contributed by atoms with Crippen LogP contribution < -0.4 is 4.74 Å². The second-order valence-corrected chi connectivity index (χ2v) is 5.48. The lowest BCUT2D eigenvalue weighted by molar-refractivity contribution is 0.0799. The van der Waals surface area contributed by atoms with Gasteiger partial charge in [-0.05, 0) is 38.0 Å². The number of hydrogen-bond acceptors (Lipinski definition) is 6. The maximum atomic E-state index is 12.3. The zero-order chi connectivity index (χ0) is 17.8. The van der Waals surface area contributed by atoms with Gasteiger partial charge in [0.15, 0.2) is 6.61 Å². The van der Waals surface area contributed by atoms with Crippen molar-refractivity contribution in [2.75, 3.05) is 6.61 Å². The van der Waals surface area contributed by atoms with Gasteiger partial charge in [-0.25, -0.2) is 13.8 Å². The van der Waals surface area contributed by atoms with E-state index in [4.69, 9.17) is 9.26 Å². The molecule has 0 atom stereocenters. The minimum absolute atomic E-state index is 0.0525. The Morgan fingerprint density at radius 1 is 1.28 bits per heavy atom. The molecule has 0 bridgehead atoms. The van der Waals surface area contributed by atoms with Crippen molar-refractivity contribution in [1.29, 1.82) is 0 Å². The van der Waals surface area contributed by atoms with E-state index in [0.717, 1.165) is 17.0 Å². The van der Waals surface area contributed by atoms with Crippen LogP contribution in [0.15, 0.2) is 22.9 Å². The number of ether oxygens (including phenoxy) is 1. The average molecular weight is 349 g/mol. The monoisotopic (exact) mass is 349 g/mol. The molecule has 3 heterocycles. The summed E-state index contributed by atoms with van der Waals surface area (Å²) in [5.41, 5.74) is 3.47. The number of H-pyrrole nitrogens is 1. The van der Waals surface area contributed by atoms with Gasteiger partial charge < -0.3 is 9.26 Å². The van der Waals surface area contributed by atoms with Gasteiger partial charge in [0, 0.05) is 18.3 Å². The summed E-state index contributed by atoms with van der Waals surface area (Å²) >= 11 is 0. The van der Waals surface area contributed by atoms with E-state index in [1.165, 1.54) is 6.20 Å². The number of rotatable bonds is 7. The van der Waals surface area contributed by atoms with E-state index in [-0.39, 0.29) is 11.7 Å². The summed E-state index contributed by atoms with van der Waals surface area (Å²) in [6, 6.07) is 3.30. The lowest BCUT2D eigenvalue weighted by atomic mass is 10.1. The molecular weight excluding hydrogens is 332 g/mol. The zero-order valence-electron chi connectivity index (χ0n) is 13.8. The fraction of sp³-hybridized carbons (Fsp3) is 0.375. The van der Waals surface area contributed by atoms with E-state index in [1.54, 1.807) is 12.1 Å². The van der Waals surface area contributed by atoms with Crippen molar-refractivity contribution >= 4 is 0 Å².